The van der Waals surface area contributed by atoms with Crippen LogP contribution in [0.5, 0.6) is 0 Å². The molecule has 3 aromatic rings. The van der Waals surface area contributed by atoms with Crippen LogP contribution >= 0.6 is 11.6 Å². The van der Waals surface area contributed by atoms with Crippen LogP contribution in [0.1, 0.15) is 12.0 Å². The minimum Gasteiger partial charge on any atom is -0.356 e. The molecule has 0 spiro atoms. The van der Waals surface area contributed by atoms with E-state index in [1.165, 1.54) is 24.3 Å². The molecule has 0 aliphatic rings. The number of aromatic nitrogens is 1. The zero-order valence-electron chi connectivity index (χ0n) is 15.4. The Morgan fingerprint density at radius 1 is 1.00 bits per heavy atom. The zero-order valence-corrected chi connectivity index (χ0v) is 17.0. The van der Waals surface area contributed by atoms with Crippen molar-refractivity contribution >= 4 is 38.4 Å². The summed E-state index contributed by atoms with van der Waals surface area (Å²) in [5.41, 5.74) is 1.35. The third-order valence-corrected chi connectivity index (χ3v) is 6.01. The number of pyridine rings is 1. The molecule has 2 aromatic carbocycles. The summed E-state index contributed by atoms with van der Waals surface area (Å²) < 4.78 is 27.3. The van der Waals surface area contributed by atoms with Crippen LogP contribution in [0.3, 0.4) is 0 Å². The Labute approximate surface area is 173 Å². The lowest BCUT2D eigenvalue weighted by Crippen LogP contribution is -2.31. The molecule has 0 bridgehead atoms. The summed E-state index contributed by atoms with van der Waals surface area (Å²) in [6, 6.07) is 14.7. The van der Waals surface area contributed by atoms with E-state index in [1.807, 2.05) is 12.1 Å². The van der Waals surface area contributed by atoms with Crippen molar-refractivity contribution in [2.75, 3.05) is 13.1 Å². The first kappa shape index (κ1) is 21.0. The molecule has 0 aliphatic heterocycles. The van der Waals surface area contributed by atoms with Gasteiger partial charge in [0.25, 0.3) is 0 Å². The number of hydrogen-bond acceptors (Lipinski definition) is 4. The second-order valence-electron chi connectivity index (χ2n) is 6.45. The number of benzene rings is 2. The molecule has 3 rings (SSSR count). The second kappa shape index (κ2) is 9.21. The first-order valence-electron chi connectivity index (χ1n) is 8.97. The first-order chi connectivity index (χ1) is 13.8. The minimum atomic E-state index is -3.76. The van der Waals surface area contributed by atoms with Crippen molar-refractivity contribution in [1.29, 1.82) is 0 Å². The number of aromatic amines is 1. The topological polar surface area (TPSA) is 108 Å². The number of amides is 1. The molecule has 1 amide bonds. The van der Waals surface area contributed by atoms with Crippen LogP contribution < -0.4 is 15.6 Å². The Bertz CT molecular complexity index is 1170. The molecule has 0 atom stereocenters. The molecule has 29 heavy (non-hydrogen) atoms. The number of rotatable bonds is 8. The van der Waals surface area contributed by atoms with Crippen LogP contribution in [-0.2, 0) is 21.2 Å². The van der Waals surface area contributed by atoms with E-state index in [0.29, 0.717) is 28.9 Å². The third kappa shape index (κ3) is 5.90. The average Bonchev–Trinajstić information content (AvgIpc) is 2.69. The van der Waals surface area contributed by atoms with Crippen LogP contribution in [0.2, 0.25) is 5.02 Å². The second-order valence-corrected chi connectivity index (χ2v) is 8.65. The molecule has 1 heterocycles. The number of fused-ring (bicyclic) bond motifs is 1. The molecule has 0 saturated heterocycles. The molecule has 3 N–H and O–H groups in total. The van der Waals surface area contributed by atoms with Crippen molar-refractivity contribution in [2.45, 2.75) is 17.7 Å². The summed E-state index contributed by atoms with van der Waals surface area (Å²) in [5.74, 6) is -0.238. The van der Waals surface area contributed by atoms with E-state index in [2.05, 4.69) is 15.0 Å². The van der Waals surface area contributed by atoms with Gasteiger partial charge in [0.05, 0.1) is 4.90 Å². The van der Waals surface area contributed by atoms with Crippen molar-refractivity contribution in [3.8, 4) is 0 Å². The Hall–Kier alpha value is -2.68. The highest BCUT2D eigenvalue weighted by Gasteiger charge is 2.15. The molecule has 0 radical (unpaired) electrons. The number of hydrogen-bond donors (Lipinski definition) is 3. The summed E-state index contributed by atoms with van der Waals surface area (Å²) in [7, 11) is -3.76. The minimum absolute atomic E-state index is 0.0151. The largest absolute Gasteiger partial charge is 0.356 e. The van der Waals surface area contributed by atoms with Crippen LogP contribution in [0.4, 0.5) is 0 Å². The normalized spacial score (nSPS) is 11.5. The third-order valence-electron chi connectivity index (χ3n) is 4.30. The number of carbonyl (C=O) groups is 1. The molecular formula is C20H20ClN3O4S. The van der Waals surface area contributed by atoms with E-state index in [1.54, 1.807) is 18.2 Å². The number of H-pyrrole nitrogens is 1. The van der Waals surface area contributed by atoms with Crippen LogP contribution in [0.15, 0.2) is 64.3 Å². The zero-order chi connectivity index (χ0) is 20.9. The lowest BCUT2D eigenvalue weighted by molar-refractivity contribution is -0.120. The van der Waals surface area contributed by atoms with Gasteiger partial charge in [-0.05, 0) is 53.8 Å². The van der Waals surface area contributed by atoms with E-state index in [-0.39, 0.29) is 29.3 Å². The van der Waals surface area contributed by atoms with E-state index >= 15 is 0 Å². The Balaban J connectivity index is 1.48. The summed E-state index contributed by atoms with van der Waals surface area (Å²) in [5, 5.41) is 4.02. The van der Waals surface area contributed by atoms with Gasteiger partial charge in [-0.2, -0.15) is 0 Å². The first-order valence-corrected chi connectivity index (χ1v) is 10.8. The fraction of sp³-hybridized carbons (Fsp3) is 0.200. The lowest BCUT2D eigenvalue weighted by Gasteiger charge is -2.09. The van der Waals surface area contributed by atoms with Crippen molar-refractivity contribution in [1.82, 2.24) is 15.0 Å². The van der Waals surface area contributed by atoms with Gasteiger partial charge in [-0.3, -0.25) is 9.59 Å². The Morgan fingerprint density at radius 2 is 1.76 bits per heavy atom. The fourth-order valence-corrected chi connectivity index (χ4v) is 3.96. The average molecular weight is 434 g/mol. The molecule has 0 saturated carbocycles. The van der Waals surface area contributed by atoms with Gasteiger partial charge in [0, 0.05) is 36.1 Å². The molecule has 0 fully saturated rings. The van der Waals surface area contributed by atoms with E-state index in [4.69, 9.17) is 11.6 Å². The predicted octanol–water partition coefficient (Wildman–Crippen LogP) is 2.21. The van der Waals surface area contributed by atoms with Gasteiger partial charge < -0.3 is 10.3 Å². The quantitative estimate of drug-likeness (QED) is 0.506. The highest BCUT2D eigenvalue weighted by molar-refractivity contribution is 7.89. The molecule has 1 aromatic heterocycles. The van der Waals surface area contributed by atoms with Crippen LogP contribution in [0, 0.1) is 0 Å². The summed E-state index contributed by atoms with van der Waals surface area (Å²) in [6.07, 6.45) is 0.689. The molecule has 9 heteroatoms. The van der Waals surface area contributed by atoms with Crippen molar-refractivity contribution in [3.05, 3.63) is 75.5 Å². The lowest BCUT2D eigenvalue weighted by atomic mass is 10.1. The number of nitrogens with one attached hydrogen (secondary N) is 3. The number of halogens is 1. The standard InChI is InChI=1S/C20H20ClN3O4S/c21-16-4-1-14(2-5-16)9-11-22-19(25)10-12-23-29(27,28)17-6-7-18-15(13-17)3-8-20(26)24-18/h1-8,13,23H,9-12H2,(H,22,25)(H,24,26). The van der Waals surface area contributed by atoms with Gasteiger partial charge in [0.15, 0.2) is 0 Å². The van der Waals surface area contributed by atoms with Gasteiger partial charge in [-0.25, -0.2) is 13.1 Å². The SMILES string of the molecule is O=C(CCNS(=O)(=O)c1ccc2[nH]c(=O)ccc2c1)NCCc1ccc(Cl)cc1. The van der Waals surface area contributed by atoms with Crippen molar-refractivity contribution in [2.24, 2.45) is 0 Å². The van der Waals surface area contributed by atoms with E-state index in [0.717, 1.165) is 5.56 Å². The number of carbonyl (C=O) groups excluding carboxylic acids is 1. The number of sulfonamides is 1. The van der Waals surface area contributed by atoms with Gasteiger partial charge in [0.2, 0.25) is 21.5 Å². The Morgan fingerprint density at radius 3 is 2.52 bits per heavy atom. The predicted molar refractivity (Wildman–Crippen MR) is 113 cm³/mol. The van der Waals surface area contributed by atoms with Crippen molar-refractivity contribution < 1.29 is 13.2 Å². The van der Waals surface area contributed by atoms with Crippen LogP contribution in [0.25, 0.3) is 10.9 Å². The maximum Gasteiger partial charge on any atom is 0.248 e. The summed E-state index contributed by atoms with van der Waals surface area (Å²) in [4.78, 5) is 25.9. The molecule has 0 unspecified atom stereocenters. The highest BCUT2D eigenvalue weighted by atomic mass is 35.5. The van der Waals surface area contributed by atoms with E-state index in [9.17, 15) is 18.0 Å². The van der Waals surface area contributed by atoms with Crippen molar-refractivity contribution in [3.63, 3.8) is 0 Å². The van der Waals surface area contributed by atoms with Crippen LogP contribution in [-0.4, -0.2) is 32.4 Å². The smallest absolute Gasteiger partial charge is 0.248 e. The maximum atomic E-state index is 12.4. The Kier molecular flexibility index (Phi) is 6.68. The van der Waals surface area contributed by atoms with Gasteiger partial charge in [-0.1, -0.05) is 23.7 Å². The van der Waals surface area contributed by atoms with E-state index < -0.39 is 10.0 Å². The molecule has 7 nitrogen and oxygen atoms in total. The van der Waals surface area contributed by atoms with Gasteiger partial charge in [0.1, 0.15) is 0 Å². The highest BCUT2D eigenvalue weighted by Crippen LogP contribution is 2.16. The van der Waals surface area contributed by atoms with Gasteiger partial charge >= 0.3 is 0 Å². The molecule has 152 valence electrons. The maximum absolute atomic E-state index is 12.4. The van der Waals surface area contributed by atoms with Gasteiger partial charge in [-0.15, -0.1) is 0 Å². The summed E-state index contributed by atoms with van der Waals surface area (Å²) >= 11 is 5.83. The molecular weight excluding hydrogens is 414 g/mol. The molecule has 0 aliphatic carbocycles. The summed E-state index contributed by atoms with van der Waals surface area (Å²) in [6.45, 7) is 0.439. The fourth-order valence-electron chi connectivity index (χ4n) is 2.77. The monoisotopic (exact) mass is 433 g/mol.